The molecule has 1 unspecified atom stereocenters. The summed E-state index contributed by atoms with van der Waals surface area (Å²) in [5.74, 6) is 0. The topological polar surface area (TPSA) is 35.6 Å². The van der Waals surface area contributed by atoms with Crippen molar-refractivity contribution < 1.29 is 4.79 Å². The Bertz CT molecular complexity index is 143. The number of hydrogen-bond acceptors (Lipinski definition) is 3. The molecule has 0 radical (unpaired) electrons. The van der Waals surface area contributed by atoms with Gasteiger partial charge in [0.05, 0.1) is 6.17 Å². The molecule has 0 aromatic rings. The van der Waals surface area contributed by atoms with Gasteiger partial charge in [-0.2, -0.15) is 0 Å². The molecule has 1 amide bonds. The summed E-state index contributed by atoms with van der Waals surface area (Å²) in [6.07, 6.45) is 0.944. The largest absolute Gasteiger partial charge is 0.343 e. The number of nitrogens with zero attached hydrogens (tertiary/aromatic N) is 2. The van der Waals surface area contributed by atoms with Gasteiger partial charge in [-0.15, -0.1) is 0 Å². The van der Waals surface area contributed by atoms with Gasteiger partial charge in [0.15, 0.2) is 0 Å². The van der Waals surface area contributed by atoms with Crippen LogP contribution in [0.4, 0.5) is 0 Å². The first-order valence-corrected chi connectivity index (χ1v) is 4.36. The Labute approximate surface area is 73.5 Å². The van der Waals surface area contributed by atoms with Crippen LogP contribution in [0.3, 0.4) is 0 Å². The molecule has 0 aromatic heterocycles. The molecule has 0 saturated carbocycles. The number of carbonyl (C=O) groups excluding carboxylic acids is 1. The smallest absolute Gasteiger partial charge is 0.208 e. The van der Waals surface area contributed by atoms with Gasteiger partial charge in [-0.25, -0.2) is 0 Å². The zero-order valence-corrected chi connectivity index (χ0v) is 7.79. The molecule has 0 spiro atoms. The van der Waals surface area contributed by atoms with Crippen LogP contribution in [0.25, 0.3) is 0 Å². The lowest BCUT2D eigenvalue weighted by Gasteiger charge is -2.35. The van der Waals surface area contributed by atoms with Crippen molar-refractivity contribution in [2.75, 3.05) is 33.2 Å². The molecule has 1 rings (SSSR count). The molecular weight excluding hydrogens is 154 g/mol. The van der Waals surface area contributed by atoms with E-state index in [4.69, 9.17) is 0 Å². The molecular formula is C8H17N3O. The standard InChI is InChI=1S/C8H17N3O/c1-8(9-7-12)11-5-3-10(2)4-6-11/h7-8H,3-6H2,1-2H3,(H,9,12). The Morgan fingerprint density at radius 2 is 1.92 bits per heavy atom. The molecule has 0 aromatic carbocycles. The van der Waals surface area contributed by atoms with Gasteiger partial charge >= 0.3 is 0 Å². The highest BCUT2D eigenvalue weighted by Gasteiger charge is 2.17. The number of piperazine rings is 1. The second-order valence-corrected chi connectivity index (χ2v) is 3.30. The van der Waals surface area contributed by atoms with Gasteiger partial charge in [0.2, 0.25) is 6.41 Å². The van der Waals surface area contributed by atoms with Gasteiger partial charge in [-0.1, -0.05) is 0 Å². The van der Waals surface area contributed by atoms with Gasteiger partial charge in [-0.3, -0.25) is 9.69 Å². The quantitative estimate of drug-likeness (QED) is 0.572. The van der Waals surface area contributed by atoms with Gasteiger partial charge in [0.1, 0.15) is 0 Å². The van der Waals surface area contributed by atoms with E-state index in [0.29, 0.717) is 0 Å². The van der Waals surface area contributed by atoms with Gasteiger partial charge < -0.3 is 10.2 Å². The van der Waals surface area contributed by atoms with E-state index in [9.17, 15) is 4.79 Å². The number of carbonyl (C=O) groups is 1. The van der Waals surface area contributed by atoms with Crippen molar-refractivity contribution in [1.29, 1.82) is 0 Å². The summed E-state index contributed by atoms with van der Waals surface area (Å²) in [6, 6.07) is 0. The van der Waals surface area contributed by atoms with Crippen LogP contribution in [0.5, 0.6) is 0 Å². The number of nitrogens with one attached hydrogen (secondary N) is 1. The SMILES string of the molecule is CC(NC=O)N1CCN(C)CC1. The minimum atomic E-state index is 0.177. The maximum Gasteiger partial charge on any atom is 0.208 e. The molecule has 1 fully saturated rings. The van der Waals surface area contributed by atoms with Crippen LogP contribution < -0.4 is 5.32 Å². The molecule has 12 heavy (non-hydrogen) atoms. The maximum absolute atomic E-state index is 10.2. The van der Waals surface area contributed by atoms with Crippen molar-refractivity contribution in [3.63, 3.8) is 0 Å². The molecule has 1 atom stereocenters. The van der Waals surface area contributed by atoms with Crippen molar-refractivity contribution >= 4 is 6.41 Å². The molecule has 1 heterocycles. The second-order valence-electron chi connectivity index (χ2n) is 3.30. The van der Waals surface area contributed by atoms with E-state index in [1.54, 1.807) is 0 Å². The molecule has 0 aliphatic carbocycles. The Hall–Kier alpha value is -0.610. The lowest BCUT2D eigenvalue weighted by molar-refractivity contribution is -0.111. The molecule has 0 bridgehead atoms. The third kappa shape index (κ3) is 2.46. The highest BCUT2D eigenvalue weighted by atomic mass is 16.1. The average Bonchev–Trinajstić information content (AvgIpc) is 2.06. The summed E-state index contributed by atoms with van der Waals surface area (Å²) in [7, 11) is 2.12. The first-order chi connectivity index (χ1) is 5.74. The fourth-order valence-electron chi connectivity index (χ4n) is 1.41. The molecule has 70 valence electrons. The zero-order valence-electron chi connectivity index (χ0n) is 7.79. The van der Waals surface area contributed by atoms with E-state index >= 15 is 0 Å². The van der Waals surface area contributed by atoms with Crippen LogP contribution in [0.1, 0.15) is 6.92 Å². The van der Waals surface area contributed by atoms with E-state index in [1.165, 1.54) is 0 Å². The van der Waals surface area contributed by atoms with E-state index in [0.717, 1.165) is 32.6 Å². The summed E-state index contributed by atoms with van der Waals surface area (Å²) in [6.45, 7) is 6.27. The van der Waals surface area contributed by atoms with Crippen LogP contribution in [0.2, 0.25) is 0 Å². The van der Waals surface area contributed by atoms with Crippen LogP contribution in [0.15, 0.2) is 0 Å². The Morgan fingerprint density at radius 3 is 2.42 bits per heavy atom. The predicted octanol–water partition coefficient (Wildman–Crippen LogP) is -0.674. The Kier molecular flexibility index (Phi) is 3.49. The summed E-state index contributed by atoms with van der Waals surface area (Å²) in [5.41, 5.74) is 0. The van der Waals surface area contributed by atoms with Crippen LogP contribution in [0, 0.1) is 0 Å². The zero-order chi connectivity index (χ0) is 8.97. The van der Waals surface area contributed by atoms with Gasteiger partial charge in [0.25, 0.3) is 0 Å². The van der Waals surface area contributed by atoms with Crippen LogP contribution in [-0.2, 0) is 4.79 Å². The van der Waals surface area contributed by atoms with Gasteiger partial charge in [0, 0.05) is 26.2 Å². The van der Waals surface area contributed by atoms with Crippen molar-refractivity contribution in [3.05, 3.63) is 0 Å². The van der Waals surface area contributed by atoms with Crippen molar-refractivity contribution in [1.82, 2.24) is 15.1 Å². The number of likely N-dealkylation sites (N-methyl/N-ethyl adjacent to an activating group) is 1. The maximum atomic E-state index is 10.2. The van der Waals surface area contributed by atoms with Crippen LogP contribution >= 0.6 is 0 Å². The third-order valence-electron chi connectivity index (χ3n) is 2.39. The Morgan fingerprint density at radius 1 is 1.33 bits per heavy atom. The van der Waals surface area contributed by atoms with Gasteiger partial charge in [-0.05, 0) is 14.0 Å². The summed E-state index contributed by atoms with van der Waals surface area (Å²) in [5, 5.41) is 2.76. The van der Waals surface area contributed by atoms with E-state index in [2.05, 4.69) is 22.2 Å². The molecule has 1 N–H and O–H groups in total. The minimum absolute atomic E-state index is 0.177. The van der Waals surface area contributed by atoms with E-state index in [-0.39, 0.29) is 6.17 Å². The summed E-state index contributed by atoms with van der Waals surface area (Å²) >= 11 is 0. The highest BCUT2D eigenvalue weighted by molar-refractivity contribution is 5.46. The minimum Gasteiger partial charge on any atom is -0.343 e. The van der Waals surface area contributed by atoms with E-state index in [1.807, 2.05) is 6.92 Å². The molecule has 4 heteroatoms. The highest BCUT2D eigenvalue weighted by Crippen LogP contribution is 2.01. The Balaban J connectivity index is 2.28. The van der Waals surface area contributed by atoms with Crippen molar-refractivity contribution in [2.24, 2.45) is 0 Å². The molecule has 1 aliphatic heterocycles. The third-order valence-corrected chi connectivity index (χ3v) is 2.39. The first kappa shape index (κ1) is 9.48. The monoisotopic (exact) mass is 171 g/mol. The first-order valence-electron chi connectivity index (χ1n) is 4.36. The predicted molar refractivity (Wildman–Crippen MR) is 47.7 cm³/mol. The molecule has 4 nitrogen and oxygen atoms in total. The average molecular weight is 171 g/mol. The van der Waals surface area contributed by atoms with Crippen molar-refractivity contribution in [3.8, 4) is 0 Å². The fourth-order valence-corrected chi connectivity index (χ4v) is 1.41. The van der Waals surface area contributed by atoms with Crippen LogP contribution in [-0.4, -0.2) is 55.6 Å². The lowest BCUT2D eigenvalue weighted by Crippen LogP contribution is -2.52. The fraction of sp³-hybridized carbons (Fsp3) is 0.875. The summed E-state index contributed by atoms with van der Waals surface area (Å²) < 4.78 is 0. The number of rotatable bonds is 3. The summed E-state index contributed by atoms with van der Waals surface area (Å²) in [4.78, 5) is 14.7. The normalized spacial score (nSPS) is 23.5. The van der Waals surface area contributed by atoms with E-state index < -0.39 is 0 Å². The lowest BCUT2D eigenvalue weighted by atomic mass is 10.3. The number of hydrogen-bond donors (Lipinski definition) is 1. The second kappa shape index (κ2) is 4.42. The van der Waals surface area contributed by atoms with Crippen molar-refractivity contribution in [2.45, 2.75) is 13.1 Å². The number of amides is 1. The molecule has 1 saturated heterocycles. The molecule has 1 aliphatic rings.